The first-order chi connectivity index (χ1) is 9.24. The van der Waals surface area contributed by atoms with Crippen molar-refractivity contribution >= 4 is 27.3 Å². The van der Waals surface area contributed by atoms with Crippen LogP contribution in [0.5, 0.6) is 0 Å². The summed E-state index contributed by atoms with van der Waals surface area (Å²) in [5.41, 5.74) is 0. The Balaban J connectivity index is 2.70. The summed E-state index contributed by atoms with van der Waals surface area (Å²) in [6.07, 6.45) is 2.73. The highest BCUT2D eigenvalue weighted by molar-refractivity contribution is 7.89. The van der Waals surface area contributed by atoms with Crippen molar-refractivity contribution in [3.63, 3.8) is 0 Å². The van der Waals surface area contributed by atoms with E-state index in [1.54, 1.807) is 6.92 Å². The molecular weight excluding hydrogens is 298 g/mol. The van der Waals surface area contributed by atoms with E-state index in [2.05, 4.69) is 18.6 Å². The van der Waals surface area contributed by atoms with Crippen molar-refractivity contribution in [1.29, 1.82) is 0 Å². The molecule has 0 aliphatic carbocycles. The molecule has 0 radical (unpaired) electrons. The third-order valence-electron chi connectivity index (χ3n) is 2.89. The lowest BCUT2D eigenvalue weighted by atomic mass is 10.0. The average molecular weight is 319 g/mol. The van der Waals surface area contributed by atoms with Crippen LogP contribution in [0, 0.1) is 5.92 Å². The summed E-state index contributed by atoms with van der Waals surface area (Å²) in [5.74, 6) is -0.623. The zero-order chi connectivity index (χ0) is 15.3. The molecule has 0 aliphatic rings. The highest BCUT2D eigenvalue weighted by Gasteiger charge is 2.25. The summed E-state index contributed by atoms with van der Waals surface area (Å²) < 4.78 is 26.9. The van der Waals surface area contributed by atoms with Crippen LogP contribution in [0.4, 0.5) is 0 Å². The third-order valence-corrected chi connectivity index (χ3v) is 5.55. The monoisotopic (exact) mass is 319 g/mol. The van der Waals surface area contributed by atoms with E-state index in [1.807, 2.05) is 0 Å². The average Bonchev–Trinajstić information content (AvgIpc) is 2.76. The van der Waals surface area contributed by atoms with Crippen molar-refractivity contribution < 1.29 is 18.3 Å². The number of thiophene rings is 1. The minimum atomic E-state index is -3.76. The van der Waals surface area contributed by atoms with E-state index in [1.165, 1.54) is 11.4 Å². The molecule has 1 heterocycles. The van der Waals surface area contributed by atoms with Gasteiger partial charge >= 0.3 is 5.97 Å². The Labute approximate surface area is 124 Å². The van der Waals surface area contributed by atoms with Gasteiger partial charge in [0.05, 0.1) is 0 Å². The standard InChI is InChI=1S/C13H21NO4S2/c1-9(2)5-4-6-10(3)14-20(17,18)11-7-8-19-12(11)13(15)16/h7-10,14H,4-6H2,1-3H3,(H,15,16). The molecule has 1 atom stereocenters. The van der Waals surface area contributed by atoms with Gasteiger partial charge in [-0.05, 0) is 30.7 Å². The van der Waals surface area contributed by atoms with Gasteiger partial charge in [-0.3, -0.25) is 0 Å². The van der Waals surface area contributed by atoms with Crippen LogP contribution in [0.15, 0.2) is 16.3 Å². The summed E-state index contributed by atoms with van der Waals surface area (Å²) in [7, 11) is -3.76. The first-order valence-corrected chi connectivity index (χ1v) is 8.93. The first-order valence-electron chi connectivity index (χ1n) is 6.57. The van der Waals surface area contributed by atoms with Crippen molar-refractivity contribution in [2.75, 3.05) is 0 Å². The fraction of sp³-hybridized carbons (Fsp3) is 0.615. The summed E-state index contributed by atoms with van der Waals surface area (Å²) in [4.78, 5) is 10.7. The number of sulfonamides is 1. The van der Waals surface area contributed by atoms with Crippen LogP contribution in [0.1, 0.15) is 49.7 Å². The lowest BCUT2D eigenvalue weighted by Crippen LogP contribution is -2.33. The van der Waals surface area contributed by atoms with Crippen LogP contribution in [0.3, 0.4) is 0 Å². The Morgan fingerprint density at radius 3 is 2.55 bits per heavy atom. The Morgan fingerprint density at radius 2 is 2.00 bits per heavy atom. The van der Waals surface area contributed by atoms with E-state index in [0.717, 1.165) is 30.6 Å². The number of aromatic carboxylic acids is 1. The molecule has 1 aromatic heterocycles. The number of hydrogen-bond acceptors (Lipinski definition) is 4. The van der Waals surface area contributed by atoms with E-state index in [-0.39, 0.29) is 15.8 Å². The summed E-state index contributed by atoms with van der Waals surface area (Å²) in [6.45, 7) is 6.04. The van der Waals surface area contributed by atoms with Gasteiger partial charge in [-0.2, -0.15) is 0 Å². The molecule has 0 fully saturated rings. The normalized spacial score (nSPS) is 13.6. The second-order valence-corrected chi connectivity index (χ2v) is 7.86. The molecule has 0 spiro atoms. The smallest absolute Gasteiger partial charge is 0.347 e. The predicted octanol–water partition coefficient (Wildman–Crippen LogP) is 2.94. The molecule has 0 bridgehead atoms. The Hall–Kier alpha value is -0.920. The van der Waals surface area contributed by atoms with Crippen molar-refractivity contribution in [2.45, 2.75) is 51.0 Å². The van der Waals surface area contributed by atoms with Gasteiger partial charge in [0.25, 0.3) is 0 Å². The highest BCUT2D eigenvalue weighted by atomic mass is 32.2. The number of carboxylic acid groups (broad SMARTS) is 1. The Morgan fingerprint density at radius 1 is 1.35 bits per heavy atom. The lowest BCUT2D eigenvalue weighted by Gasteiger charge is -2.14. The number of hydrogen-bond donors (Lipinski definition) is 2. The SMILES string of the molecule is CC(C)CCCC(C)NS(=O)(=O)c1ccsc1C(=O)O. The van der Waals surface area contributed by atoms with Gasteiger partial charge in [0.1, 0.15) is 9.77 Å². The number of nitrogens with one attached hydrogen (secondary N) is 1. The second kappa shape index (κ2) is 7.19. The maximum Gasteiger partial charge on any atom is 0.347 e. The van der Waals surface area contributed by atoms with Gasteiger partial charge < -0.3 is 5.11 Å². The predicted molar refractivity (Wildman–Crippen MR) is 79.8 cm³/mol. The number of rotatable bonds is 8. The molecule has 0 saturated carbocycles. The largest absolute Gasteiger partial charge is 0.477 e. The van der Waals surface area contributed by atoms with E-state index < -0.39 is 16.0 Å². The van der Waals surface area contributed by atoms with E-state index in [9.17, 15) is 13.2 Å². The molecule has 0 aromatic carbocycles. The molecular formula is C13H21NO4S2. The topological polar surface area (TPSA) is 83.5 Å². The molecule has 114 valence electrons. The molecule has 0 amide bonds. The van der Waals surface area contributed by atoms with Crippen LogP contribution in [-0.2, 0) is 10.0 Å². The minimum absolute atomic E-state index is 0.146. The third kappa shape index (κ3) is 4.88. The molecule has 1 unspecified atom stereocenters. The zero-order valence-electron chi connectivity index (χ0n) is 11.9. The molecule has 0 saturated heterocycles. The second-order valence-electron chi connectivity index (χ2n) is 5.27. The van der Waals surface area contributed by atoms with E-state index in [4.69, 9.17) is 5.11 Å². The first kappa shape index (κ1) is 17.1. The fourth-order valence-electron chi connectivity index (χ4n) is 1.88. The van der Waals surface area contributed by atoms with Gasteiger partial charge in [0, 0.05) is 6.04 Å². The molecule has 5 nitrogen and oxygen atoms in total. The molecule has 1 aromatic rings. The van der Waals surface area contributed by atoms with Gasteiger partial charge in [-0.1, -0.05) is 26.7 Å². The summed E-state index contributed by atoms with van der Waals surface area (Å²) >= 11 is 0.915. The molecule has 1 rings (SSSR count). The lowest BCUT2D eigenvalue weighted by molar-refractivity contribution is 0.0698. The highest BCUT2D eigenvalue weighted by Crippen LogP contribution is 2.22. The van der Waals surface area contributed by atoms with Gasteiger partial charge in [0.2, 0.25) is 10.0 Å². The maximum absolute atomic E-state index is 12.2. The minimum Gasteiger partial charge on any atom is -0.477 e. The van der Waals surface area contributed by atoms with Crippen LogP contribution in [-0.4, -0.2) is 25.5 Å². The van der Waals surface area contributed by atoms with Crippen molar-refractivity contribution in [3.8, 4) is 0 Å². The Kier molecular flexibility index (Phi) is 6.16. The van der Waals surface area contributed by atoms with Gasteiger partial charge in [-0.15, -0.1) is 11.3 Å². The van der Waals surface area contributed by atoms with Gasteiger partial charge in [-0.25, -0.2) is 17.9 Å². The number of carboxylic acids is 1. The zero-order valence-corrected chi connectivity index (χ0v) is 13.6. The fourth-order valence-corrected chi connectivity index (χ4v) is 4.42. The van der Waals surface area contributed by atoms with E-state index in [0.29, 0.717) is 5.92 Å². The maximum atomic E-state index is 12.2. The summed E-state index contributed by atoms with van der Waals surface area (Å²) in [6, 6.07) is 1.12. The van der Waals surface area contributed by atoms with Crippen molar-refractivity contribution in [2.24, 2.45) is 5.92 Å². The van der Waals surface area contributed by atoms with Crippen LogP contribution in [0.2, 0.25) is 0 Å². The number of carbonyl (C=O) groups is 1. The van der Waals surface area contributed by atoms with Gasteiger partial charge in [0.15, 0.2) is 0 Å². The quantitative estimate of drug-likeness (QED) is 0.771. The molecule has 2 N–H and O–H groups in total. The Bertz CT molecular complexity index is 548. The van der Waals surface area contributed by atoms with Crippen LogP contribution >= 0.6 is 11.3 Å². The van der Waals surface area contributed by atoms with Crippen molar-refractivity contribution in [1.82, 2.24) is 4.72 Å². The van der Waals surface area contributed by atoms with Crippen molar-refractivity contribution in [3.05, 3.63) is 16.3 Å². The van der Waals surface area contributed by atoms with Crippen LogP contribution < -0.4 is 4.72 Å². The molecule has 20 heavy (non-hydrogen) atoms. The van der Waals surface area contributed by atoms with Crippen LogP contribution in [0.25, 0.3) is 0 Å². The van der Waals surface area contributed by atoms with E-state index >= 15 is 0 Å². The molecule has 7 heteroatoms. The molecule has 0 aliphatic heterocycles. The summed E-state index contributed by atoms with van der Waals surface area (Å²) in [5, 5.41) is 10.4.